The summed E-state index contributed by atoms with van der Waals surface area (Å²) in [6.07, 6.45) is -3.21. The van der Waals surface area contributed by atoms with Gasteiger partial charge < -0.3 is 24.3 Å². The highest BCUT2D eigenvalue weighted by molar-refractivity contribution is 5.83. The molecule has 1 aromatic carbocycles. The molecule has 10 heteroatoms. The van der Waals surface area contributed by atoms with Crippen molar-refractivity contribution < 1.29 is 27.5 Å². The number of carbonyl (C=O) groups excluding carboxylic acids is 1. The van der Waals surface area contributed by atoms with Crippen LogP contribution in [0.2, 0.25) is 0 Å². The number of benzene rings is 1. The molecule has 7 nitrogen and oxygen atoms in total. The number of hydrogen-bond acceptors (Lipinski definition) is 5. The number of aliphatic hydroxyl groups excluding tert-OH is 1. The Morgan fingerprint density at radius 2 is 2.04 bits per heavy atom. The van der Waals surface area contributed by atoms with Crippen LogP contribution < -0.4 is 5.32 Å². The van der Waals surface area contributed by atoms with Gasteiger partial charge in [0.25, 0.3) is 0 Å². The SMILES string of the molecule is O=C(Cn1c(NCCO)nc2ccccc21)N(Cc1ccco1)CC(F)(F)F. The molecule has 3 aromatic rings. The third kappa shape index (κ3) is 4.83. The van der Waals surface area contributed by atoms with Gasteiger partial charge in [0.15, 0.2) is 0 Å². The number of aromatic nitrogens is 2. The number of carbonyl (C=O) groups is 1. The number of alkyl halides is 3. The summed E-state index contributed by atoms with van der Waals surface area (Å²) in [4.78, 5) is 17.8. The number of fused-ring (bicyclic) bond motifs is 1. The highest BCUT2D eigenvalue weighted by Crippen LogP contribution is 2.22. The molecule has 1 amide bonds. The molecule has 0 saturated carbocycles. The van der Waals surface area contributed by atoms with Gasteiger partial charge in [-0.15, -0.1) is 0 Å². The summed E-state index contributed by atoms with van der Waals surface area (Å²) >= 11 is 0. The van der Waals surface area contributed by atoms with Crippen LogP contribution in [0.3, 0.4) is 0 Å². The second-order valence-electron chi connectivity index (χ2n) is 6.10. The zero-order valence-electron chi connectivity index (χ0n) is 14.8. The smallest absolute Gasteiger partial charge is 0.406 e. The van der Waals surface area contributed by atoms with Gasteiger partial charge in [-0.3, -0.25) is 4.79 Å². The largest absolute Gasteiger partial charge is 0.467 e. The summed E-state index contributed by atoms with van der Waals surface area (Å²) in [5.74, 6) is -0.177. The van der Waals surface area contributed by atoms with Crippen molar-refractivity contribution in [1.29, 1.82) is 0 Å². The molecule has 28 heavy (non-hydrogen) atoms. The van der Waals surface area contributed by atoms with Gasteiger partial charge in [0, 0.05) is 6.54 Å². The number of nitrogens with one attached hydrogen (secondary N) is 1. The van der Waals surface area contributed by atoms with Crippen LogP contribution in [-0.2, 0) is 17.9 Å². The first-order valence-electron chi connectivity index (χ1n) is 8.54. The van der Waals surface area contributed by atoms with E-state index in [2.05, 4.69) is 10.3 Å². The number of nitrogens with zero attached hydrogens (tertiary/aromatic N) is 3. The van der Waals surface area contributed by atoms with E-state index in [-0.39, 0.29) is 32.0 Å². The van der Waals surface area contributed by atoms with E-state index in [9.17, 15) is 18.0 Å². The molecule has 0 aliphatic heterocycles. The van der Waals surface area contributed by atoms with E-state index in [0.717, 1.165) is 0 Å². The van der Waals surface area contributed by atoms with E-state index in [0.29, 0.717) is 21.9 Å². The number of rotatable bonds is 8. The molecule has 0 fully saturated rings. The minimum absolute atomic E-state index is 0.157. The zero-order chi connectivity index (χ0) is 20.1. The molecular formula is C18H19F3N4O3. The number of para-hydroxylation sites is 2. The van der Waals surface area contributed by atoms with Gasteiger partial charge in [-0.25, -0.2) is 4.98 Å². The Hall–Kier alpha value is -3.01. The Morgan fingerprint density at radius 1 is 1.25 bits per heavy atom. The molecule has 2 heterocycles. The van der Waals surface area contributed by atoms with Gasteiger partial charge in [-0.1, -0.05) is 12.1 Å². The van der Waals surface area contributed by atoms with Crippen LogP contribution in [-0.4, -0.2) is 51.3 Å². The maximum atomic E-state index is 13.0. The standard InChI is InChI=1S/C18H19F3N4O3/c19-18(20,21)12-24(10-13-4-3-9-28-13)16(27)11-25-15-6-2-1-5-14(15)23-17(25)22-7-8-26/h1-6,9,26H,7-8,10-12H2,(H,22,23). The van der Waals surface area contributed by atoms with Crippen LogP contribution in [0.4, 0.5) is 19.1 Å². The first-order valence-corrected chi connectivity index (χ1v) is 8.54. The van der Waals surface area contributed by atoms with E-state index in [1.54, 1.807) is 30.3 Å². The quantitative estimate of drug-likeness (QED) is 0.612. The zero-order valence-corrected chi connectivity index (χ0v) is 14.8. The minimum atomic E-state index is -4.54. The Labute approximate surface area is 158 Å². The van der Waals surface area contributed by atoms with Crippen LogP contribution in [0.5, 0.6) is 0 Å². The molecule has 0 saturated heterocycles. The predicted octanol–water partition coefficient (Wildman–Crippen LogP) is 2.62. The van der Waals surface area contributed by atoms with E-state index >= 15 is 0 Å². The van der Waals surface area contributed by atoms with Crippen molar-refractivity contribution in [1.82, 2.24) is 14.5 Å². The molecule has 0 radical (unpaired) electrons. The van der Waals surface area contributed by atoms with Gasteiger partial charge in [0.1, 0.15) is 18.8 Å². The van der Waals surface area contributed by atoms with Gasteiger partial charge in [-0.2, -0.15) is 13.2 Å². The van der Waals surface area contributed by atoms with Gasteiger partial charge in [0.2, 0.25) is 11.9 Å². The lowest BCUT2D eigenvalue weighted by atomic mass is 10.3. The average Bonchev–Trinajstić information content (AvgIpc) is 3.26. The van der Waals surface area contributed by atoms with Gasteiger partial charge >= 0.3 is 6.18 Å². The van der Waals surface area contributed by atoms with Crippen LogP contribution >= 0.6 is 0 Å². The highest BCUT2D eigenvalue weighted by Gasteiger charge is 2.33. The van der Waals surface area contributed by atoms with Crippen LogP contribution in [0.25, 0.3) is 11.0 Å². The van der Waals surface area contributed by atoms with E-state index < -0.39 is 18.6 Å². The maximum absolute atomic E-state index is 13.0. The van der Waals surface area contributed by atoms with Crippen molar-refractivity contribution in [2.24, 2.45) is 0 Å². The maximum Gasteiger partial charge on any atom is 0.406 e. The molecule has 2 aromatic heterocycles. The normalized spacial score (nSPS) is 11.7. The second-order valence-corrected chi connectivity index (χ2v) is 6.10. The number of furan rings is 1. The predicted molar refractivity (Wildman–Crippen MR) is 95.5 cm³/mol. The highest BCUT2D eigenvalue weighted by atomic mass is 19.4. The fourth-order valence-electron chi connectivity index (χ4n) is 2.81. The molecule has 150 valence electrons. The Balaban J connectivity index is 1.87. The van der Waals surface area contributed by atoms with Crippen molar-refractivity contribution >= 4 is 22.9 Å². The monoisotopic (exact) mass is 396 g/mol. The number of amides is 1. The second kappa shape index (κ2) is 8.34. The Morgan fingerprint density at radius 3 is 2.71 bits per heavy atom. The molecule has 2 N–H and O–H groups in total. The molecule has 0 aliphatic carbocycles. The van der Waals surface area contributed by atoms with Gasteiger partial charge in [-0.05, 0) is 24.3 Å². The van der Waals surface area contributed by atoms with Crippen molar-refractivity contribution in [2.45, 2.75) is 19.3 Å². The Bertz CT molecular complexity index is 922. The third-order valence-corrected chi connectivity index (χ3v) is 3.99. The molecular weight excluding hydrogens is 377 g/mol. The van der Waals surface area contributed by atoms with Crippen LogP contribution in [0.1, 0.15) is 5.76 Å². The summed E-state index contributed by atoms with van der Waals surface area (Å²) in [5.41, 5.74) is 1.19. The fraction of sp³-hybridized carbons (Fsp3) is 0.333. The average molecular weight is 396 g/mol. The lowest BCUT2D eigenvalue weighted by Crippen LogP contribution is -2.40. The number of halogens is 3. The van der Waals surface area contributed by atoms with E-state index in [1.807, 2.05) is 0 Å². The van der Waals surface area contributed by atoms with E-state index in [4.69, 9.17) is 9.52 Å². The third-order valence-electron chi connectivity index (χ3n) is 3.99. The number of hydrogen-bond donors (Lipinski definition) is 2. The molecule has 0 spiro atoms. The molecule has 0 bridgehead atoms. The fourth-order valence-corrected chi connectivity index (χ4v) is 2.81. The van der Waals surface area contributed by atoms with Crippen molar-refractivity contribution in [3.63, 3.8) is 0 Å². The van der Waals surface area contributed by atoms with Crippen molar-refractivity contribution in [2.75, 3.05) is 25.0 Å². The summed E-state index contributed by atoms with van der Waals surface area (Å²) in [7, 11) is 0. The minimum Gasteiger partial charge on any atom is -0.467 e. The molecule has 0 aliphatic rings. The lowest BCUT2D eigenvalue weighted by molar-refractivity contribution is -0.163. The first kappa shape index (κ1) is 19.7. The first-order chi connectivity index (χ1) is 13.4. The summed E-state index contributed by atoms with van der Waals surface area (Å²) in [6.45, 7) is -1.99. The Kier molecular flexibility index (Phi) is 5.88. The lowest BCUT2D eigenvalue weighted by Gasteiger charge is -2.24. The molecule has 0 atom stereocenters. The molecule has 3 rings (SSSR count). The number of imidazole rings is 1. The summed E-state index contributed by atoms with van der Waals surface area (Å²) < 4.78 is 45.6. The van der Waals surface area contributed by atoms with E-state index in [1.165, 1.54) is 16.9 Å². The van der Waals surface area contributed by atoms with Gasteiger partial charge in [0.05, 0.1) is 30.4 Å². The summed E-state index contributed by atoms with van der Waals surface area (Å²) in [5, 5.41) is 11.9. The van der Waals surface area contributed by atoms with Crippen LogP contribution in [0.15, 0.2) is 47.1 Å². The number of anilines is 1. The van der Waals surface area contributed by atoms with Crippen molar-refractivity contribution in [3.8, 4) is 0 Å². The molecule has 0 unspecified atom stereocenters. The topological polar surface area (TPSA) is 83.5 Å². The number of aliphatic hydroxyl groups is 1. The van der Waals surface area contributed by atoms with Crippen molar-refractivity contribution in [3.05, 3.63) is 48.4 Å². The summed E-state index contributed by atoms with van der Waals surface area (Å²) in [6, 6.07) is 10.0. The van der Waals surface area contributed by atoms with Crippen LogP contribution in [0, 0.1) is 0 Å².